The highest BCUT2D eigenvalue weighted by atomic mass is 19.3. The van der Waals surface area contributed by atoms with Crippen LogP contribution in [-0.2, 0) is 0 Å². The van der Waals surface area contributed by atoms with Gasteiger partial charge in [0.25, 0.3) is 5.92 Å². The topological polar surface area (TPSA) is 95.3 Å². The molecule has 0 unspecified atom stereocenters. The van der Waals surface area contributed by atoms with E-state index < -0.39 is 25.0 Å². The first-order chi connectivity index (χ1) is 8.28. The normalized spacial score (nSPS) is 11.4. The van der Waals surface area contributed by atoms with Crippen molar-refractivity contribution in [2.75, 3.05) is 18.5 Å². The fourth-order valence-corrected chi connectivity index (χ4v) is 1.26. The molecular weight excluding hydrogens is 248 g/mol. The number of carboxylic acids is 1. The van der Waals surface area contributed by atoms with Crippen LogP contribution in [-0.4, -0.2) is 45.5 Å². The molecule has 0 fully saturated rings. The average molecular weight is 261 g/mol. The molecule has 18 heavy (non-hydrogen) atoms. The van der Waals surface area contributed by atoms with E-state index in [0.717, 1.165) is 0 Å². The van der Waals surface area contributed by atoms with Crippen LogP contribution in [0.1, 0.15) is 21.6 Å². The Morgan fingerprint density at radius 3 is 2.50 bits per heavy atom. The summed E-state index contributed by atoms with van der Waals surface area (Å²) in [7, 11) is 0. The van der Waals surface area contributed by atoms with E-state index in [1.54, 1.807) is 6.92 Å². The minimum atomic E-state index is -3.35. The monoisotopic (exact) mass is 261 g/mol. The lowest BCUT2D eigenvalue weighted by Gasteiger charge is -2.16. The molecule has 0 saturated carbocycles. The van der Waals surface area contributed by atoms with Crippen molar-refractivity contribution in [2.24, 2.45) is 0 Å². The van der Waals surface area contributed by atoms with Crippen LogP contribution in [0.4, 0.5) is 14.6 Å². The second kappa shape index (κ2) is 5.21. The fourth-order valence-electron chi connectivity index (χ4n) is 1.26. The third-order valence-electron chi connectivity index (χ3n) is 2.41. The number of aliphatic hydroxyl groups is 1. The van der Waals surface area contributed by atoms with Crippen LogP contribution in [0.3, 0.4) is 0 Å². The SMILES string of the molecule is Cc1nnc(NCC(F)(F)CO)c(C(=O)O)c1C. The summed E-state index contributed by atoms with van der Waals surface area (Å²) in [6, 6.07) is 0. The average Bonchev–Trinajstić information content (AvgIpc) is 2.30. The number of carbonyl (C=O) groups is 1. The van der Waals surface area contributed by atoms with E-state index in [0.29, 0.717) is 11.3 Å². The number of anilines is 1. The molecule has 0 aliphatic heterocycles. The Morgan fingerprint density at radius 2 is 2.00 bits per heavy atom. The Bertz CT molecular complexity index is 466. The molecule has 1 rings (SSSR count). The van der Waals surface area contributed by atoms with Gasteiger partial charge in [0, 0.05) is 0 Å². The summed E-state index contributed by atoms with van der Waals surface area (Å²) in [6.45, 7) is 0.839. The molecule has 0 aliphatic carbocycles. The number of hydrogen-bond donors (Lipinski definition) is 3. The summed E-state index contributed by atoms with van der Waals surface area (Å²) in [5, 5.41) is 26.8. The van der Waals surface area contributed by atoms with Crippen LogP contribution in [0, 0.1) is 13.8 Å². The zero-order valence-electron chi connectivity index (χ0n) is 9.87. The number of aromatic nitrogens is 2. The highest BCUT2D eigenvalue weighted by Crippen LogP contribution is 2.20. The minimum Gasteiger partial charge on any atom is -0.478 e. The molecule has 0 atom stereocenters. The maximum atomic E-state index is 12.8. The zero-order chi connectivity index (χ0) is 13.9. The van der Waals surface area contributed by atoms with E-state index in [-0.39, 0.29) is 11.4 Å². The number of carboxylic acid groups (broad SMARTS) is 1. The second-order valence-electron chi connectivity index (χ2n) is 3.81. The molecule has 0 saturated heterocycles. The predicted molar refractivity (Wildman–Crippen MR) is 59.0 cm³/mol. The number of alkyl halides is 2. The summed E-state index contributed by atoms with van der Waals surface area (Å²) in [5.41, 5.74) is 0.565. The Hall–Kier alpha value is -1.83. The van der Waals surface area contributed by atoms with Crippen molar-refractivity contribution in [3.8, 4) is 0 Å². The Labute approximate surface area is 102 Å². The predicted octanol–water partition coefficient (Wildman–Crippen LogP) is 0.831. The van der Waals surface area contributed by atoms with Crippen LogP contribution >= 0.6 is 0 Å². The van der Waals surface area contributed by atoms with Crippen LogP contribution < -0.4 is 5.32 Å². The Balaban J connectivity index is 3.03. The highest BCUT2D eigenvalue weighted by molar-refractivity contribution is 5.94. The van der Waals surface area contributed by atoms with Crippen molar-refractivity contribution >= 4 is 11.8 Å². The molecular formula is C10H13F2N3O3. The van der Waals surface area contributed by atoms with E-state index in [1.807, 2.05) is 0 Å². The van der Waals surface area contributed by atoms with Crippen LogP contribution in [0.5, 0.6) is 0 Å². The first-order valence-electron chi connectivity index (χ1n) is 5.08. The number of rotatable bonds is 5. The van der Waals surface area contributed by atoms with Crippen LogP contribution in [0.15, 0.2) is 0 Å². The molecule has 6 nitrogen and oxygen atoms in total. The molecule has 0 radical (unpaired) electrons. The number of nitrogens with one attached hydrogen (secondary N) is 1. The number of aryl methyl sites for hydroxylation is 1. The van der Waals surface area contributed by atoms with Gasteiger partial charge in [0.1, 0.15) is 12.2 Å². The fraction of sp³-hybridized carbons (Fsp3) is 0.500. The van der Waals surface area contributed by atoms with Crippen molar-refractivity contribution in [1.82, 2.24) is 10.2 Å². The third kappa shape index (κ3) is 3.10. The van der Waals surface area contributed by atoms with Crippen LogP contribution in [0.2, 0.25) is 0 Å². The Morgan fingerprint density at radius 1 is 1.39 bits per heavy atom. The van der Waals surface area contributed by atoms with Crippen molar-refractivity contribution in [3.05, 3.63) is 16.8 Å². The molecule has 0 aliphatic rings. The van der Waals surface area contributed by atoms with Crippen molar-refractivity contribution in [3.63, 3.8) is 0 Å². The van der Waals surface area contributed by atoms with Gasteiger partial charge >= 0.3 is 5.97 Å². The summed E-state index contributed by atoms with van der Waals surface area (Å²) < 4.78 is 25.7. The van der Waals surface area contributed by atoms with Gasteiger partial charge in [0.05, 0.1) is 12.2 Å². The van der Waals surface area contributed by atoms with Gasteiger partial charge in [-0.1, -0.05) is 0 Å². The third-order valence-corrected chi connectivity index (χ3v) is 2.41. The second-order valence-corrected chi connectivity index (χ2v) is 3.81. The van der Waals surface area contributed by atoms with E-state index >= 15 is 0 Å². The van der Waals surface area contributed by atoms with Gasteiger partial charge in [0.2, 0.25) is 0 Å². The quantitative estimate of drug-likeness (QED) is 0.726. The molecule has 1 aromatic rings. The van der Waals surface area contributed by atoms with Gasteiger partial charge in [-0.2, -0.15) is 5.10 Å². The van der Waals surface area contributed by atoms with Crippen molar-refractivity contribution < 1.29 is 23.8 Å². The summed E-state index contributed by atoms with van der Waals surface area (Å²) in [5.74, 6) is -4.87. The van der Waals surface area contributed by atoms with Gasteiger partial charge in [-0.15, -0.1) is 5.10 Å². The maximum Gasteiger partial charge on any atom is 0.339 e. The lowest BCUT2D eigenvalue weighted by molar-refractivity contribution is -0.0373. The molecule has 0 spiro atoms. The molecule has 0 aromatic carbocycles. The molecule has 1 aromatic heterocycles. The summed E-state index contributed by atoms with van der Waals surface area (Å²) in [6.07, 6.45) is 0. The van der Waals surface area contributed by atoms with Crippen molar-refractivity contribution in [2.45, 2.75) is 19.8 Å². The largest absolute Gasteiger partial charge is 0.478 e. The Kier molecular flexibility index (Phi) is 4.12. The highest BCUT2D eigenvalue weighted by Gasteiger charge is 2.28. The molecule has 3 N–H and O–H groups in total. The standard InChI is InChI=1S/C10H13F2N3O3/c1-5-6(2)14-15-8(7(5)9(17)18)13-3-10(11,12)4-16/h16H,3-4H2,1-2H3,(H,13,15)(H,17,18). The van der Waals surface area contributed by atoms with E-state index in [9.17, 15) is 13.6 Å². The number of aromatic carboxylic acids is 1. The molecule has 1 heterocycles. The van der Waals surface area contributed by atoms with Gasteiger partial charge in [-0.05, 0) is 19.4 Å². The number of aliphatic hydroxyl groups excluding tert-OH is 1. The zero-order valence-corrected chi connectivity index (χ0v) is 9.87. The maximum absolute atomic E-state index is 12.8. The van der Waals surface area contributed by atoms with Crippen LogP contribution in [0.25, 0.3) is 0 Å². The van der Waals surface area contributed by atoms with E-state index in [1.165, 1.54) is 6.92 Å². The lowest BCUT2D eigenvalue weighted by Crippen LogP contribution is -2.32. The van der Waals surface area contributed by atoms with Gasteiger partial charge in [-0.25, -0.2) is 13.6 Å². The molecule has 100 valence electrons. The lowest BCUT2D eigenvalue weighted by atomic mass is 10.1. The minimum absolute atomic E-state index is 0.198. The molecule has 8 heteroatoms. The van der Waals surface area contributed by atoms with E-state index in [4.69, 9.17) is 10.2 Å². The number of nitrogens with zero attached hydrogens (tertiary/aromatic N) is 2. The number of hydrogen-bond acceptors (Lipinski definition) is 5. The van der Waals surface area contributed by atoms with Gasteiger partial charge in [-0.3, -0.25) is 0 Å². The summed E-state index contributed by atoms with van der Waals surface area (Å²) in [4.78, 5) is 11.0. The molecule has 0 amide bonds. The van der Waals surface area contributed by atoms with Crippen molar-refractivity contribution in [1.29, 1.82) is 0 Å². The number of halogens is 2. The molecule has 0 bridgehead atoms. The van der Waals surface area contributed by atoms with Gasteiger partial charge < -0.3 is 15.5 Å². The first-order valence-corrected chi connectivity index (χ1v) is 5.08. The van der Waals surface area contributed by atoms with Gasteiger partial charge in [0.15, 0.2) is 5.82 Å². The van der Waals surface area contributed by atoms with E-state index in [2.05, 4.69) is 15.5 Å². The smallest absolute Gasteiger partial charge is 0.339 e. The first kappa shape index (κ1) is 14.2. The summed E-state index contributed by atoms with van der Waals surface area (Å²) >= 11 is 0.